The third kappa shape index (κ3) is 5.85. The molecule has 6 heteroatoms. The number of thiophene rings is 1. The molecule has 0 bridgehead atoms. The Morgan fingerprint density at radius 3 is 2.68 bits per heavy atom. The standard InChI is InChI=1S/C13H21N3O2S/c1-4-14-13(18)16-12(17)10(3)15-9(2)7-11-5-6-19-8-11/h5-6,8-10,15H,4,7H2,1-3H3,(H2,14,16,17,18). The molecular weight excluding hydrogens is 262 g/mol. The summed E-state index contributed by atoms with van der Waals surface area (Å²) in [5.41, 5.74) is 1.25. The smallest absolute Gasteiger partial charge is 0.321 e. The van der Waals surface area contributed by atoms with Crippen LogP contribution in [0.4, 0.5) is 4.79 Å². The first kappa shape index (κ1) is 15.7. The van der Waals surface area contributed by atoms with Gasteiger partial charge in [-0.15, -0.1) is 0 Å². The number of rotatable bonds is 6. The lowest BCUT2D eigenvalue weighted by molar-refractivity contribution is -0.121. The Balaban J connectivity index is 2.34. The van der Waals surface area contributed by atoms with Crippen LogP contribution in [0.5, 0.6) is 0 Å². The number of amides is 3. The van der Waals surface area contributed by atoms with E-state index in [-0.39, 0.29) is 11.9 Å². The third-order valence-electron chi connectivity index (χ3n) is 2.62. The minimum absolute atomic E-state index is 0.171. The largest absolute Gasteiger partial charge is 0.338 e. The zero-order chi connectivity index (χ0) is 14.3. The van der Waals surface area contributed by atoms with Crippen LogP contribution in [0.25, 0.3) is 0 Å². The summed E-state index contributed by atoms with van der Waals surface area (Å²) in [6.45, 7) is 6.07. The highest BCUT2D eigenvalue weighted by atomic mass is 32.1. The van der Waals surface area contributed by atoms with Gasteiger partial charge in [-0.2, -0.15) is 11.3 Å². The lowest BCUT2D eigenvalue weighted by atomic mass is 10.1. The van der Waals surface area contributed by atoms with Gasteiger partial charge >= 0.3 is 6.03 Å². The molecule has 1 aromatic rings. The van der Waals surface area contributed by atoms with Crippen LogP contribution < -0.4 is 16.0 Å². The molecule has 19 heavy (non-hydrogen) atoms. The lowest BCUT2D eigenvalue weighted by Crippen LogP contribution is -2.50. The van der Waals surface area contributed by atoms with Gasteiger partial charge in [-0.05, 0) is 49.6 Å². The predicted octanol–water partition coefficient (Wildman–Crippen LogP) is 1.50. The highest BCUT2D eigenvalue weighted by Gasteiger charge is 2.17. The van der Waals surface area contributed by atoms with E-state index >= 15 is 0 Å². The van der Waals surface area contributed by atoms with Crippen molar-refractivity contribution in [2.45, 2.75) is 39.3 Å². The van der Waals surface area contributed by atoms with E-state index in [0.29, 0.717) is 6.54 Å². The number of urea groups is 1. The van der Waals surface area contributed by atoms with Crippen LogP contribution in [-0.4, -0.2) is 30.6 Å². The summed E-state index contributed by atoms with van der Waals surface area (Å²) in [6, 6.07) is 1.38. The normalized spacial score (nSPS) is 13.6. The van der Waals surface area contributed by atoms with Gasteiger partial charge in [0.05, 0.1) is 6.04 Å². The summed E-state index contributed by atoms with van der Waals surface area (Å²) in [5.74, 6) is -0.317. The molecule has 3 N–H and O–H groups in total. The van der Waals surface area contributed by atoms with Crippen molar-refractivity contribution >= 4 is 23.3 Å². The van der Waals surface area contributed by atoms with Crippen molar-refractivity contribution in [1.29, 1.82) is 0 Å². The molecule has 1 rings (SSSR count). The molecule has 0 fully saturated rings. The fourth-order valence-corrected chi connectivity index (χ4v) is 2.43. The number of carbonyl (C=O) groups excluding carboxylic acids is 2. The molecule has 1 aromatic heterocycles. The second-order valence-corrected chi connectivity index (χ2v) is 5.25. The number of nitrogens with one attached hydrogen (secondary N) is 3. The predicted molar refractivity (Wildman–Crippen MR) is 77.3 cm³/mol. The Bertz CT molecular complexity index is 406. The molecule has 0 aliphatic rings. The Labute approximate surface area is 117 Å². The summed E-state index contributed by atoms with van der Waals surface area (Å²) >= 11 is 1.66. The van der Waals surface area contributed by atoms with E-state index in [1.165, 1.54) is 5.56 Å². The zero-order valence-electron chi connectivity index (χ0n) is 11.5. The molecule has 0 spiro atoms. The molecule has 2 atom stereocenters. The second kappa shape index (κ2) is 7.91. The van der Waals surface area contributed by atoms with Gasteiger partial charge in [0.25, 0.3) is 0 Å². The molecule has 106 valence electrons. The molecule has 5 nitrogen and oxygen atoms in total. The Hall–Kier alpha value is -1.40. The van der Waals surface area contributed by atoms with Gasteiger partial charge in [0.15, 0.2) is 0 Å². The maximum Gasteiger partial charge on any atom is 0.321 e. The Morgan fingerprint density at radius 2 is 2.11 bits per heavy atom. The van der Waals surface area contributed by atoms with Gasteiger partial charge in [-0.25, -0.2) is 4.79 Å². The van der Waals surface area contributed by atoms with E-state index in [0.717, 1.165) is 6.42 Å². The summed E-state index contributed by atoms with van der Waals surface area (Å²) in [6.07, 6.45) is 0.863. The molecule has 0 saturated carbocycles. The first-order chi connectivity index (χ1) is 9.02. The van der Waals surface area contributed by atoms with E-state index in [9.17, 15) is 9.59 Å². The van der Waals surface area contributed by atoms with Crippen molar-refractivity contribution in [1.82, 2.24) is 16.0 Å². The fourth-order valence-electron chi connectivity index (χ4n) is 1.75. The number of hydrogen-bond acceptors (Lipinski definition) is 4. The maximum absolute atomic E-state index is 11.7. The van der Waals surface area contributed by atoms with Crippen LogP contribution in [0, 0.1) is 0 Å². The third-order valence-corrected chi connectivity index (χ3v) is 3.36. The van der Waals surface area contributed by atoms with Crippen molar-refractivity contribution in [3.8, 4) is 0 Å². The summed E-state index contributed by atoms with van der Waals surface area (Å²) < 4.78 is 0. The van der Waals surface area contributed by atoms with Gasteiger partial charge in [-0.3, -0.25) is 10.1 Å². The summed E-state index contributed by atoms with van der Waals surface area (Å²) in [4.78, 5) is 23.0. The molecule has 3 amide bonds. The van der Waals surface area contributed by atoms with Crippen LogP contribution >= 0.6 is 11.3 Å². The van der Waals surface area contributed by atoms with E-state index in [2.05, 4.69) is 27.4 Å². The van der Waals surface area contributed by atoms with Crippen LogP contribution in [0.15, 0.2) is 16.8 Å². The van der Waals surface area contributed by atoms with Crippen LogP contribution in [-0.2, 0) is 11.2 Å². The molecule has 0 aliphatic carbocycles. The van der Waals surface area contributed by atoms with Crippen molar-refractivity contribution in [2.24, 2.45) is 0 Å². The average Bonchev–Trinajstić information content (AvgIpc) is 2.81. The summed E-state index contributed by atoms with van der Waals surface area (Å²) in [5, 5.41) is 12.1. The van der Waals surface area contributed by atoms with E-state index in [1.807, 2.05) is 12.3 Å². The van der Waals surface area contributed by atoms with Crippen LogP contribution in [0.1, 0.15) is 26.3 Å². The van der Waals surface area contributed by atoms with Crippen molar-refractivity contribution in [2.75, 3.05) is 6.54 Å². The van der Waals surface area contributed by atoms with Crippen LogP contribution in [0.2, 0.25) is 0 Å². The highest BCUT2D eigenvalue weighted by Crippen LogP contribution is 2.08. The van der Waals surface area contributed by atoms with Gasteiger partial charge in [0.1, 0.15) is 0 Å². The molecule has 2 unspecified atom stereocenters. The van der Waals surface area contributed by atoms with E-state index in [1.54, 1.807) is 25.2 Å². The van der Waals surface area contributed by atoms with Gasteiger partial charge in [-0.1, -0.05) is 0 Å². The van der Waals surface area contributed by atoms with Crippen molar-refractivity contribution in [3.05, 3.63) is 22.4 Å². The molecule has 0 saturated heterocycles. The van der Waals surface area contributed by atoms with Gasteiger partial charge in [0, 0.05) is 12.6 Å². The molecule has 0 aromatic carbocycles. The Morgan fingerprint density at radius 1 is 1.37 bits per heavy atom. The average molecular weight is 283 g/mol. The van der Waals surface area contributed by atoms with Crippen molar-refractivity contribution in [3.63, 3.8) is 0 Å². The molecule has 1 heterocycles. The number of hydrogen-bond donors (Lipinski definition) is 3. The molecule has 0 aliphatic heterocycles. The minimum atomic E-state index is -0.452. The second-order valence-electron chi connectivity index (χ2n) is 4.47. The summed E-state index contributed by atoms with van der Waals surface area (Å²) in [7, 11) is 0. The first-order valence-corrected chi connectivity index (χ1v) is 7.33. The van der Waals surface area contributed by atoms with Gasteiger partial charge in [0.2, 0.25) is 5.91 Å². The van der Waals surface area contributed by atoms with Crippen LogP contribution in [0.3, 0.4) is 0 Å². The SMILES string of the molecule is CCNC(=O)NC(=O)C(C)NC(C)Cc1ccsc1. The number of imide groups is 1. The highest BCUT2D eigenvalue weighted by molar-refractivity contribution is 7.07. The van der Waals surface area contributed by atoms with E-state index < -0.39 is 12.1 Å². The molecule has 0 radical (unpaired) electrons. The van der Waals surface area contributed by atoms with Crippen molar-refractivity contribution < 1.29 is 9.59 Å². The van der Waals surface area contributed by atoms with Gasteiger partial charge < -0.3 is 10.6 Å². The zero-order valence-corrected chi connectivity index (χ0v) is 12.3. The fraction of sp³-hybridized carbons (Fsp3) is 0.538. The number of carbonyl (C=O) groups is 2. The lowest BCUT2D eigenvalue weighted by Gasteiger charge is -2.19. The first-order valence-electron chi connectivity index (χ1n) is 6.38. The maximum atomic E-state index is 11.7. The quantitative estimate of drug-likeness (QED) is 0.741. The topological polar surface area (TPSA) is 70.2 Å². The monoisotopic (exact) mass is 283 g/mol. The minimum Gasteiger partial charge on any atom is -0.338 e. The van der Waals surface area contributed by atoms with E-state index in [4.69, 9.17) is 0 Å². The Kier molecular flexibility index (Phi) is 6.52. The molecular formula is C13H21N3O2S.